The summed E-state index contributed by atoms with van der Waals surface area (Å²) in [5, 5.41) is 28.2. The van der Waals surface area contributed by atoms with E-state index in [0.717, 1.165) is 24.9 Å². The Morgan fingerprint density at radius 2 is 0.619 bits per heavy atom. The molecule has 0 spiro atoms. The van der Waals surface area contributed by atoms with Crippen LogP contribution in [-0.2, 0) is 65.3 Å². The van der Waals surface area contributed by atoms with Gasteiger partial charge in [0.15, 0.2) is 16.6 Å². The third kappa shape index (κ3) is 43.2. The van der Waals surface area contributed by atoms with E-state index >= 15 is 0 Å². The summed E-state index contributed by atoms with van der Waals surface area (Å²) in [5.74, 6) is -1.48. The summed E-state index contributed by atoms with van der Waals surface area (Å²) in [6, 6.07) is 1.65. The van der Waals surface area contributed by atoms with Crippen molar-refractivity contribution in [3.8, 4) is 0 Å². The molecule has 4 amide bonds. The Morgan fingerprint density at radius 3 is 0.889 bits per heavy atom. The quantitative estimate of drug-likeness (QED) is 0.0278. The molecular weight excluding hydrogens is 877 g/mol. The predicted octanol–water partition coefficient (Wildman–Crippen LogP) is 0.606. The Labute approximate surface area is 378 Å². The Kier molecular flexibility index (Phi) is 38.3. The molecule has 20 nitrogen and oxygen atoms in total. The summed E-state index contributed by atoms with van der Waals surface area (Å²) in [6.07, 6.45) is 6.27. The molecule has 0 rings (SSSR count). The van der Waals surface area contributed by atoms with E-state index in [-0.39, 0.29) is 36.8 Å². The van der Waals surface area contributed by atoms with Gasteiger partial charge in [0.1, 0.15) is 0 Å². The zero-order valence-corrected chi connectivity index (χ0v) is 41.8. The second-order valence-corrected chi connectivity index (χ2v) is 28.0. The third-order valence-electron chi connectivity index (χ3n) is 8.12. The third-order valence-corrected chi connectivity index (χ3v) is 19.6. The van der Waals surface area contributed by atoms with Gasteiger partial charge in [-0.25, -0.2) is 0 Å². The van der Waals surface area contributed by atoms with Gasteiger partial charge in [0.25, 0.3) is 0 Å². The number of aliphatic hydroxyl groups excluding tert-OH is 2. The Balaban J connectivity index is 4.05. The first-order chi connectivity index (χ1) is 30.1. The molecule has 0 aliphatic heterocycles. The van der Waals surface area contributed by atoms with Gasteiger partial charge in [0, 0.05) is 50.5 Å². The normalized spacial score (nSPS) is 12.3. The number of rotatable bonds is 44. The van der Waals surface area contributed by atoms with E-state index in [1.54, 1.807) is 0 Å². The summed E-state index contributed by atoms with van der Waals surface area (Å²) < 4.78 is 55.8. The first-order valence-corrected chi connectivity index (χ1v) is 30.9. The van der Waals surface area contributed by atoms with Crippen molar-refractivity contribution in [3.63, 3.8) is 0 Å². The number of carbonyl (C=O) groups excluding carboxylic acids is 4. The maximum atomic E-state index is 12.3. The molecular formula is C40H80N4O16Si3. The van der Waals surface area contributed by atoms with Crippen molar-refractivity contribution < 1.29 is 75.5 Å². The molecule has 0 atom stereocenters. The van der Waals surface area contributed by atoms with E-state index in [0.29, 0.717) is 132 Å². The maximum Gasteiger partial charge on any atom is 0.311 e. The van der Waals surface area contributed by atoms with Gasteiger partial charge >= 0.3 is 8.56 Å². The van der Waals surface area contributed by atoms with Crippen LogP contribution >= 0.6 is 0 Å². The lowest BCUT2D eigenvalue weighted by molar-refractivity contribution is -0.118. The molecule has 63 heavy (non-hydrogen) atoms. The average molecular weight is 957 g/mol. The maximum absolute atomic E-state index is 12.3. The van der Waals surface area contributed by atoms with Crippen LogP contribution in [0.25, 0.3) is 0 Å². The van der Waals surface area contributed by atoms with Gasteiger partial charge in [0.2, 0.25) is 23.6 Å². The van der Waals surface area contributed by atoms with Crippen molar-refractivity contribution in [2.24, 2.45) is 0 Å². The molecule has 0 aromatic carbocycles. The zero-order valence-electron chi connectivity index (χ0n) is 38.8. The highest BCUT2D eigenvalue weighted by Crippen LogP contribution is 2.25. The Hall–Kier alpha value is -2.47. The van der Waals surface area contributed by atoms with E-state index in [1.807, 2.05) is 0 Å². The monoisotopic (exact) mass is 956 g/mol. The lowest BCUT2D eigenvalue weighted by Gasteiger charge is -2.38. The molecule has 0 aromatic rings. The Bertz CT molecular complexity index is 1160. The molecule has 0 saturated carbocycles. The minimum atomic E-state index is -2.47. The number of ether oxygens (including phenoxy) is 8. The first-order valence-electron chi connectivity index (χ1n) is 21.8. The molecule has 0 radical (unpaired) electrons. The van der Waals surface area contributed by atoms with Gasteiger partial charge in [0.05, 0.1) is 119 Å². The fourth-order valence-corrected chi connectivity index (χ4v) is 19.6. The number of nitrogens with one attached hydrogen (secondary N) is 4. The average Bonchev–Trinajstić information content (AvgIpc) is 3.21. The molecule has 0 bridgehead atoms. The van der Waals surface area contributed by atoms with Crippen LogP contribution in [-0.4, -0.2) is 204 Å². The fraction of sp³-hybridized carbons (Fsp3) is 0.800. The predicted molar refractivity (Wildman–Crippen MR) is 245 cm³/mol. The van der Waals surface area contributed by atoms with Gasteiger partial charge in [-0.3, -0.25) is 19.2 Å². The van der Waals surface area contributed by atoms with E-state index in [9.17, 15) is 19.2 Å². The number of amides is 4. The largest absolute Gasteiger partial charge is 0.437 e. The minimum Gasteiger partial charge on any atom is -0.437 e. The minimum absolute atomic E-state index is 0.00933. The van der Waals surface area contributed by atoms with E-state index in [2.05, 4.69) is 60.5 Å². The number of hydrogen-bond acceptors (Lipinski definition) is 16. The zero-order chi connectivity index (χ0) is 46.9. The van der Waals surface area contributed by atoms with Crippen LogP contribution in [0.4, 0.5) is 0 Å². The van der Waals surface area contributed by atoms with Crippen molar-refractivity contribution in [1.29, 1.82) is 0 Å². The molecule has 0 heterocycles. The number of hydrogen-bond donors (Lipinski definition) is 6. The van der Waals surface area contributed by atoms with Crippen LogP contribution in [0.3, 0.4) is 0 Å². The van der Waals surface area contributed by atoms with Crippen LogP contribution in [0, 0.1) is 0 Å². The molecule has 0 aliphatic rings. The highest BCUT2D eigenvalue weighted by molar-refractivity contribution is 6.87. The smallest absolute Gasteiger partial charge is 0.311 e. The summed E-state index contributed by atoms with van der Waals surface area (Å²) >= 11 is 0. The van der Waals surface area contributed by atoms with Crippen molar-refractivity contribution in [3.05, 3.63) is 24.3 Å². The molecule has 368 valence electrons. The van der Waals surface area contributed by atoms with Gasteiger partial charge in [-0.05, 0) is 64.2 Å². The van der Waals surface area contributed by atoms with E-state index in [4.69, 9.17) is 56.3 Å². The fourth-order valence-electron chi connectivity index (χ4n) is 5.59. The van der Waals surface area contributed by atoms with Gasteiger partial charge in [-0.1, -0.05) is 0 Å². The SMILES string of the molecule is C[Si](C)(CCCNC(=O)/C=C\C(=O)NCCOCCOCCOCCOCCO)O[Si](C)(C)O[Si](C)(C)CCCNC(=O)/C=C\C(=O)NCCOCCOCCOCCOCCO. The summed E-state index contributed by atoms with van der Waals surface area (Å²) in [7, 11) is -6.71. The lowest BCUT2D eigenvalue weighted by atomic mass is 10.4. The van der Waals surface area contributed by atoms with Crippen molar-refractivity contribution in [2.75, 3.05) is 145 Å². The molecule has 0 fully saturated rings. The van der Waals surface area contributed by atoms with Crippen LogP contribution in [0.5, 0.6) is 0 Å². The number of aliphatic hydroxyl groups is 2. The van der Waals surface area contributed by atoms with Crippen LogP contribution in [0.15, 0.2) is 24.3 Å². The van der Waals surface area contributed by atoms with E-state index < -0.39 is 25.2 Å². The van der Waals surface area contributed by atoms with Gasteiger partial charge in [-0.2, -0.15) is 0 Å². The molecule has 6 N–H and O–H groups in total. The van der Waals surface area contributed by atoms with Crippen LogP contribution < -0.4 is 21.3 Å². The van der Waals surface area contributed by atoms with Crippen molar-refractivity contribution in [2.45, 2.75) is 64.2 Å². The molecule has 0 unspecified atom stereocenters. The van der Waals surface area contributed by atoms with Crippen LogP contribution in [0.1, 0.15) is 12.8 Å². The highest BCUT2D eigenvalue weighted by Gasteiger charge is 2.39. The van der Waals surface area contributed by atoms with Crippen LogP contribution in [0.2, 0.25) is 51.4 Å². The summed E-state index contributed by atoms with van der Waals surface area (Å²) in [5.41, 5.74) is 0. The molecule has 0 aromatic heterocycles. The topological polar surface area (TPSA) is 249 Å². The molecule has 23 heteroatoms. The molecule has 0 aliphatic carbocycles. The highest BCUT2D eigenvalue weighted by atomic mass is 28.5. The standard InChI is InChI=1S/C40H80N4O16Si3/c1-61(2,35-7-13-41-37(47)9-11-39(49)43-15-19-51-23-27-55-31-33-57-29-25-53-21-17-45)59-63(5,6)60-62(3,4)36-8-14-42-38(48)10-12-40(50)44-16-20-52-24-28-56-32-34-58-30-26-54-22-18-46/h9-12,45-46H,7-8,13-36H2,1-6H3,(H,41,47)(H,42,48)(H,43,49)(H,44,50)/b11-9-,12-10-. The van der Waals surface area contributed by atoms with Gasteiger partial charge < -0.3 is 77.6 Å². The summed E-state index contributed by atoms with van der Waals surface area (Å²) in [4.78, 5) is 48.6. The van der Waals surface area contributed by atoms with E-state index in [1.165, 1.54) is 24.3 Å². The van der Waals surface area contributed by atoms with Crippen molar-refractivity contribution >= 4 is 48.8 Å². The first kappa shape index (κ1) is 60.5. The summed E-state index contributed by atoms with van der Waals surface area (Å²) in [6.45, 7) is 20.4. The lowest BCUT2D eigenvalue weighted by Crippen LogP contribution is -2.52. The second kappa shape index (κ2) is 39.9. The molecule has 0 saturated heterocycles. The number of carbonyl (C=O) groups is 4. The van der Waals surface area contributed by atoms with Gasteiger partial charge in [-0.15, -0.1) is 0 Å². The Morgan fingerprint density at radius 1 is 0.381 bits per heavy atom. The second-order valence-electron chi connectivity index (χ2n) is 15.5. The van der Waals surface area contributed by atoms with Crippen molar-refractivity contribution in [1.82, 2.24) is 21.3 Å².